The highest BCUT2D eigenvalue weighted by Crippen LogP contribution is 2.26. The quantitative estimate of drug-likeness (QED) is 0.507. The normalized spacial score (nSPS) is 16.4. The van der Waals surface area contributed by atoms with E-state index >= 15 is 0 Å². The third-order valence-electron chi connectivity index (χ3n) is 6.09. The minimum absolute atomic E-state index is 0.184. The van der Waals surface area contributed by atoms with Gasteiger partial charge in [-0.1, -0.05) is 12.1 Å². The zero-order valence-corrected chi connectivity index (χ0v) is 18.5. The van der Waals surface area contributed by atoms with Gasteiger partial charge in [-0.15, -0.1) is 0 Å². The average molecular weight is 448 g/mol. The number of aryl methyl sites for hydroxylation is 2. The van der Waals surface area contributed by atoms with Gasteiger partial charge in [0, 0.05) is 50.0 Å². The first-order valence-electron chi connectivity index (χ1n) is 11.2. The highest BCUT2D eigenvalue weighted by atomic mass is 19.1. The maximum atomic E-state index is 14.5. The van der Waals surface area contributed by atoms with E-state index in [1.807, 2.05) is 24.0 Å². The Kier molecular flexibility index (Phi) is 5.77. The van der Waals surface area contributed by atoms with E-state index in [4.69, 9.17) is 0 Å². The number of nitrogens with one attached hydrogen (secondary N) is 2. The van der Waals surface area contributed by atoms with Crippen molar-refractivity contribution in [2.75, 3.05) is 41.7 Å². The number of pyridine rings is 1. The molecule has 3 aliphatic heterocycles. The van der Waals surface area contributed by atoms with Gasteiger partial charge in [-0.25, -0.2) is 9.97 Å². The van der Waals surface area contributed by atoms with Gasteiger partial charge in [0.2, 0.25) is 17.8 Å². The molecule has 3 aromatic rings. The molecule has 170 valence electrons. The Morgan fingerprint density at radius 3 is 2.64 bits per heavy atom. The Hall–Kier alpha value is -3.75. The van der Waals surface area contributed by atoms with E-state index in [1.165, 1.54) is 6.20 Å². The van der Waals surface area contributed by atoms with E-state index in [9.17, 15) is 9.18 Å². The number of benzene rings is 1. The number of aromatic nitrogens is 3. The summed E-state index contributed by atoms with van der Waals surface area (Å²) in [6.45, 7) is 4.55. The molecule has 2 N–H and O–H groups in total. The summed E-state index contributed by atoms with van der Waals surface area (Å²) >= 11 is 0. The number of anilines is 5. The molecular weight excluding hydrogens is 421 g/mol. The lowest BCUT2D eigenvalue weighted by molar-refractivity contribution is -0.131. The van der Waals surface area contributed by atoms with Gasteiger partial charge >= 0.3 is 0 Å². The lowest BCUT2D eigenvalue weighted by Gasteiger charge is -2.36. The number of amides is 1. The van der Waals surface area contributed by atoms with Crippen molar-refractivity contribution in [2.24, 2.45) is 0 Å². The van der Waals surface area contributed by atoms with E-state index in [1.54, 1.807) is 12.3 Å². The molecule has 9 heteroatoms. The minimum Gasteiger partial charge on any atom is -0.367 e. The second kappa shape index (κ2) is 9.01. The number of carbonyl (C=O) groups excluding carboxylic acids is 1. The topological polar surface area (TPSA) is 86.3 Å². The van der Waals surface area contributed by atoms with Gasteiger partial charge in [0.1, 0.15) is 5.82 Å². The molecule has 8 nitrogen and oxygen atoms in total. The molecule has 6 rings (SSSR count). The van der Waals surface area contributed by atoms with Crippen LogP contribution in [0, 0.1) is 12.9 Å². The van der Waals surface area contributed by atoms with Crippen LogP contribution in [-0.2, 0) is 11.2 Å². The second-order valence-electron chi connectivity index (χ2n) is 8.43. The molecule has 1 fully saturated rings. The zero-order chi connectivity index (χ0) is 22.8. The van der Waals surface area contributed by atoms with Crippen LogP contribution in [-0.4, -0.2) is 51.9 Å². The largest absolute Gasteiger partial charge is 0.367 e. The zero-order valence-electron chi connectivity index (χ0n) is 18.5. The molecule has 8 bridgehead atoms. The SMILES string of the molecule is Cc1cnc2nc1Nc1cccc(c1)CCCC(=O)N1CCN(CC1)c1cnc(F)c(c1)N2. The molecule has 33 heavy (non-hydrogen) atoms. The van der Waals surface area contributed by atoms with Crippen molar-refractivity contribution >= 4 is 34.7 Å². The lowest BCUT2D eigenvalue weighted by atomic mass is 10.1. The number of piperazine rings is 1. The van der Waals surface area contributed by atoms with E-state index in [2.05, 4.69) is 42.6 Å². The summed E-state index contributed by atoms with van der Waals surface area (Å²) in [5.41, 5.74) is 3.93. The molecule has 3 aliphatic rings. The van der Waals surface area contributed by atoms with Gasteiger partial charge in [0.15, 0.2) is 0 Å². The van der Waals surface area contributed by atoms with Crippen molar-refractivity contribution < 1.29 is 9.18 Å². The molecule has 1 saturated heterocycles. The van der Waals surface area contributed by atoms with Crippen molar-refractivity contribution in [2.45, 2.75) is 26.2 Å². The van der Waals surface area contributed by atoms with Gasteiger partial charge in [0.25, 0.3) is 0 Å². The average Bonchev–Trinajstić information content (AvgIpc) is 2.82. The van der Waals surface area contributed by atoms with Gasteiger partial charge in [-0.2, -0.15) is 9.37 Å². The maximum absolute atomic E-state index is 14.5. The smallest absolute Gasteiger partial charge is 0.236 e. The highest BCUT2D eigenvalue weighted by Gasteiger charge is 2.22. The predicted octanol–water partition coefficient (Wildman–Crippen LogP) is 3.79. The van der Waals surface area contributed by atoms with Crippen LogP contribution in [0.25, 0.3) is 0 Å². The van der Waals surface area contributed by atoms with Gasteiger partial charge < -0.3 is 20.4 Å². The van der Waals surface area contributed by atoms with Gasteiger partial charge in [-0.05, 0) is 43.5 Å². The fourth-order valence-electron chi connectivity index (χ4n) is 4.20. The molecule has 2 aromatic heterocycles. The molecule has 0 radical (unpaired) electrons. The number of rotatable bonds is 0. The molecular formula is C24H26FN7O. The third-order valence-corrected chi connectivity index (χ3v) is 6.09. The lowest BCUT2D eigenvalue weighted by Crippen LogP contribution is -2.48. The molecule has 1 aromatic carbocycles. The second-order valence-corrected chi connectivity index (χ2v) is 8.43. The first-order valence-corrected chi connectivity index (χ1v) is 11.2. The van der Waals surface area contributed by atoms with Crippen LogP contribution in [0.2, 0.25) is 0 Å². The van der Waals surface area contributed by atoms with Crippen molar-refractivity contribution in [3.8, 4) is 0 Å². The number of hydrogen-bond donors (Lipinski definition) is 2. The van der Waals surface area contributed by atoms with Crippen LogP contribution in [0.15, 0.2) is 42.7 Å². The Labute approximate surface area is 191 Å². The van der Waals surface area contributed by atoms with Crippen LogP contribution >= 0.6 is 0 Å². The standard InChI is InChI=1S/C24H26FN7O/c1-16-14-27-24-29-20-13-19(15-26-22(20)25)31-8-10-32(11-9-31)21(33)7-3-5-17-4-2-6-18(12-17)28-23(16)30-24/h2,4,6,12-15H,3,5,7-11H2,1H3,(H2,27,28,29,30). The van der Waals surface area contributed by atoms with Gasteiger partial charge in [0.05, 0.1) is 17.6 Å². The first kappa shape index (κ1) is 21.1. The van der Waals surface area contributed by atoms with Crippen molar-refractivity contribution in [1.82, 2.24) is 19.9 Å². The molecule has 0 saturated carbocycles. The summed E-state index contributed by atoms with van der Waals surface area (Å²) in [4.78, 5) is 29.5. The van der Waals surface area contributed by atoms with E-state index < -0.39 is 5.95 Å². The number of nitrogens with zero attached hydrogens (tertiary/aromatic N) is 5. The van der Waals surface area contributed by atoms with Crippen LogP contribution in [0.3, 0.4) is 0 Å². The van der Waals surface area contributed by atoms with Crippen molar-refractivity contribution in [3.63, 3.8) is 0 Å². The Morgan fingerprint density at radius 1 is 0.970 bits per heavy atom. The number of halogens is 1. The first-order chi connectivity index (χ1) is 16.0. The van der Waals surface area contributed by atoms with Crippen LogP contribution < -0.4 is 15.5 Å². The summed E-state index contributed by atoms with van der Waals surface area (Å²) in [5, 5.41) is 6.31. The molecule has 5 heterocycles. The number of fused-ring (bicyclic) bond motifs is 5. The minimum atomic E-state index is -0.621. The summed E-state index contributed by atoms with van der Waals surface area (Å²) in [5.74, 6) is 0.482. The number of carbonyl (C=O) groups is 1. The highest BCUT2D eigenvalue weighted by molar-refractivity contribution is 5.76. The van der Waals surface area contributed by atoms with E-state index in [-0.39, 0.29) is 17.5 Å². The molecule has 1 amide bonds. The predicted molar refractivity (Wildman–Crippen MR) is 126 cm³/mol. The van der Waals surface area contributed by atoms with Crippen molar-refractivity contribution in [1.29, 1.82) is 0 Å². The van der Waals surface area contributed by atoms with Crippen molar-refractivity contribution in [3.05, 3.63) is 59.8 Å². The molecule has 0 aliphatic carbocycles. The van der Waals surface area contributed by atoms with Crippen LogP contribution in [0.4, 0.5) is 33.2 Å². The Morgan fingerprint density at radius 2 is 1.79 bits per heavy atom. The maximum Gasteiger partial charge on any atom is 0.236 e. The number of hydrogen-bond acceptors (Lipinski definition) is 7. The van der Waals surface area contributed by atoms with Crippen LogP contribution in [0.1, 0.15) is 24.0 Å². The fraction of sp³-hybridized carbons (Fsp3) is 0.333. The summed E-state index contributed by atoms with van der Waals surface area (Å²) in [6, 6.07) is 9.81. The molecule has 0 atom stereocenters. The molecule has 0 unspecified atom stereocenters. The summed E-state index contributed by atoms with van der Waals surface area (Å²) < 4.78 is 14.5. The Bertz CT molecular complexity index is 1180. The summed E-state index contributed by atoms with van der Waals surface area (Å²) in [6.07, 6.45) is 5.38. The third kappa shape index (κ3) is 4.72. The van der Waals surface area contributed by atoms with Gasteiger partial charge in [-0.3, -0.25) is 4.79 Å². The van der Waals surface area contributed by atoms with E-state index in [0.29, 0.717) is 38.4 Å². The fourth-order valence-corrected chi connectivity index (χ4v) is 4.20. The van der Waals surface area contributed by atoms with E-state index in [0.717, 1.165) is 35.3 Å². The molecule has 0 spiro atoms. The Balaban J connectivity index is 1.50. The van der Waals surface area contributed by atoms with Crippen LogP contribution in [0.5, 0.6) is 0 Å². The summed E-state index contributed by atoms with van der Waals surface area (Å²) in [7, 11) is 0. The monoisotopic (exact) mass is 447 g/mol.